The monoisotopic (exact) mass is 388 g/mol. The summed E-state index contributed by atoms with van der Waals surface area (Å²) in [5.41, 5.74) is 3.01. The number of nitrogens with one attached hydrogen (secondary N) is 1. The second-order valence-electron chi connectivity index (χ2n) is 5.34. The summed E-state index contributed by atoms with van der Waals surface area (Å²) in [6.45, 7) is -0.355. The summed E-state index contributed by atoms with van der Waals surface area (Å²) >= 11 is 0. The van der Waals surface area contributed by atoms with Gasteiger partial charge in [0.1, 0.15) is 23.1 Å². The molecule has 0 atom stereocenters. The topological polar surface area (TPSA) is 63.3 Å². The highest BCUT2D eigenvalue weighted by Crippen LogP contribution is 2.23. The lowest BCUT2D eigenvalue weighted by atomic mass is 10.1. The van der Waals surface area contributed by atoms with Gasteiger partial charge >= 0.3 is 6.18 Å². The fourth-order valence-corrected chi connectivity index (χ4v) is 2.11. The first-order chi connectivity index (χ1) is 12.6. The molecule has 0 amide bonds. The molecule has 0 aliphatic rings. The molecule has 144 valence electrons. The van der Waals surface area contributed by atoms with Crippen LogP contribution in [0.4, 0.5) is 32.0 Å². The van der Waals surface area contributed by atoms with Crippen molar-refractivity contribution in [3.63, 3.8) is 0 Å². The molecular weight excluding hydrogens is 374 g/mol. The van der Waals surface area contributed by atoms with E-state index in [0.29, 0.717) is 6.08 Å². The highest BCUT2D eigenvalue weighted by atomic mass is 19.4. The fourth-order valence-electron chi connectivity index (χ4n) is 2.11. The zero-order valence-electron chi connectivity index (χ0n) is 13.9. The first-order valence-corrected chi connectivity index (χ1v) is 7.46. The quantitative estimate of drug-likeness (QED) is 0.603. The average Bonchev–Trinajstić information content (AvgIpc) is 2.59. The number of halogens is 6. The summed E-state index contributed by atoms with van der Waals surface area (Å²) in [6.07, 6.45) is -2.51. The molecule has 1 heterocycles. The van der Waals surface area contributed by atoms with Crippen LogP contribution in [-0.2, 0) is 6.54 Å². The summed E-state index contributed by atoms with van der Waals surface area (Å²) in [7, 11) is 1.23. The molecule has 0 fully saturated rings. The van der Waals surface area contributed by atoms with E-state index in [9.17, 15) is 26.3 Å². The van der Waals surface area contributed by atoms with Gasteiger partial charge in [-0.15, -0.1) is 0 Å². The third-order valence-corrected chi connectivity index (χ3v) is 3.53. The van der Waals surface area contributed by atoms with E-state index in [4.69, 9.17) is 5.73 Å². The van der Waals surface area contributed by atoms with Gasteiger partial charge in [-0.25, -0.2) is 13.2 Å². The number of nitrogens with zero attached hydrogens (tertiary/aromatic N) is 2. The minimum atomic E-state index is -4.74. The zero-order chi connectivity index (χ0) is 20.2. The zero-order valence-corrected chi connectivity index (χ0v) is 13.9. The van der Waals surface area contributed by atoms with Gasteiger partial charge < -0.3 is 11.1 Å². The summed E-state index contributed by atoms with van der Waals surface area (Å²) in [5.74, 6) is -2.64. The van der Waals surface area contributed by atoms with Crippen molar-refractivity contribution in [1.29, 1.82) is 0 Å². The van der Waals surface area contributed by atoms with Crippen LogP contribution in [0, 0.1) is 17.5 Å². The van der Waals surface area contributed by atoms with Gasteiger partial charge in [-0.1, -0.05) is 6.07 Å². The van der Waals surface area contributed by atoms with Crippen molar-refractivity contribution in [1.82, 2.24) is 4.98 Å². The van der Waals surface area contributed by atoms with E-state index in [1.807, 2.05) is 0 Å². The summed E-state index contributed by atoms with van der Waals surface area (Å²) < 4.78 is 78.9. The van der Waals surface area contributed by atoms with Gasteiger partial charge in [0.2, 0.25) is 0 Å². The van der Waals surface area contributed by atoms with E-state index in [1.54, 1.807) is 0 Å². The molecule has 2 aromatic rings. The number of nitrogens with two attached hydrogens (primary N) is 1. The predicted molar refractivity (Wildman–Crippen MR) is 88.7 cm³/mol. The largest absolute Gasteiger partial charge is 0.430 e. The molecule has 0 spiro atoms. The number of hydrogen-bond donors (Lipinski definition) is 2. The van der Waals surface area contributed by atoms with Gasteiger partial charge in [0.25, 0.3) is 0 Å². The number of hydrogen-bond acceptors (Lipinski definition) is 4. The maximum absolute atomic E-state index is 14.2. The highest BCUT2D eigenvalue weighted by Gasteiger charge is 2.31. The standard InChI is InChI=1S/C17H14F6N4/c1-25-15(5-16(24)17(21,22)23)9-2-3-14(11(18)4-9)27-6-10-12(19)7-26-8-13(10)20/h2-5,7-8,27H,6,24H2,1H3/b16-5-,25-15?. The Balaban J connectivity index is 2.22. The third kappa shape index (κ3) is 4.99. The van der Waals surface area contributed by atoms with Crippen molar-refractivity contribution in [2.75, 3.05) is 12.4 Å². The molecule has 0 radical (unpaired) electrons. The van der Waals surface area contributed by atoms with E-state index >= 15 is 0 Å². The van der Waals surface area contributed by atoms with Crippen molar-refractivity contribution in [3.05, 3.63) is 70.9 Å². The van der Waals surface area contributed by atoms with Crippen molar-refractivity contribution < 1.29 is 26.3 Å². The Hall–Kier alpha value is -3.04. The second-order valence-corrected chi connectivity index (χ2v) is 5.34. The van der Waals surface area contributed by atoms with Crippen molar-refractivity contribution >= 4 is 11.4 Å². The predicted octanol–water partition coefficient (Wildman–Crippen LogP) is 3.93. The van der Waals surface area contributed by atoms with Gasteiger partial charge in [0.05, 0.1) is 23.8 Å². The molecule has 0 aliphatic carbocycles. The van der Waals surface area contributed by atoms with Crippen LogP contribution in [0.25, 0.3) is 0 Å². The van der Waals surface area contributed by atoms with Crippen molar-refractivity contribution in [2.24, 2.45) is 10.7 Å². The van der Waals surface area contributed by atoms with E-state index in [0.717, 1.165) is 18.5 Å². The van der Waals surface area contributed by atoms with Crippen LogP contribution >= 0.6 is 0 Å². The van der Waals surface area contributed by atoms with Crippen LogP contribution < -0.4 is 11.1 Å². The van der Waals surface area contributed by atoms with Crippen molar-refractivity contribution in [3.8, 4) is 0 Å². The molecule has 0 saturated heterocycles. The van der Waals surface area contributed by atoms with Crippen LogP contribution in [0.2, 0.25) is 0 Å². The Labute approximate surface area is 150 Å². The number of aromatic nitrogens is 1. The first-order valence-electron chi connectivity index (χ1n) is 7.46. The lowest BCUT2D eigenvalue weighted by molar-refractivity contribution is -0.0925. The molecule has 3 N–H and O–H groups in total. The third-order valence-electron chi connectivity index (χ3n) is 3.53. The Morgan fingerprint density at radius 2 is 1.78 bits per heavy atom. The SMILES string of the molecule is CN=C(/C=C(\N)C(F)(F)F)c1ccc(NCc2c(F)cncc2F)c(F)c1. The smallest absolute Gasteiger partial charge is 0.395 e. The number of benzene rings is 1. The second kappa shape index (κ2) is 8.11. The first kappa shape index (κ1) is 20.3. The van der Waals surface area contributed by atoms with Gasteiger partial charge in [-0.05, 0) is 18.2 Å². The maximum atomic E-state index is 14.2. The van der Waals surface area contributed by atoms with Gasteiger partial charge in [0, 0.05) is 24.7 Å². The number of alkyl halides is 3. The van der Waals surface area contributed by atoms with Crippen LogP contribution in [0.1, 0.15) is 11.1 Å². The van der Waals surface area contributed by atoms with Gasteiger partial charge in [-0.3, -0.25) is 9.98 Å². The van der Waals surface area contributed by atoms with Gasteiger partial charge in [-0.2, -0.15) is 13.2 Å². The Morgan fingerprint density at radius 3 is 2.30 bits per heavy atom. The molecule has 1 aromatic carbocycles. The molecule has 10 heteroatoms. The van der Waals surface area contributed by atoms with E-state index in [1.165, 1.54) is 19.2 Å². The minimum absolute atomic E-state index is 0.0500. The minimum Gasteiger partial charge on any atom is -0.395 e. The van der Waals surface area contributed by atoms with Crippen LogP contribution in [0.3, 0.4) is 0 Å². The molecule has 0 unspecified atom stereocenters. The number of aliphatic imine (C=N–C) groups is 1. The van der Waals surface area contributed by atoms with Crippen LogP contribution in [0.15, 0.2) is 47.4 Å². The molecule has 27 heavy (non-hydrogen) atoms. The Kier molecular flexibility index (Phi) is 6.09. The van der Waals surface area contributed by atoms with E-state index < -0.39 is 29.3 Å². The number of allylic oxidation sites excluding steroid dienone is 2. The van der Waals surface area contributed by atoms with Crippen molar-refractivity contribution in [2.45, 2.75) is 12.7 Å². The molecule has 4 nitrogen and oxygen atoms in total. The highest BCUT2D eigenvalue weighted by molar-refractivity contribution is 6.09. The number of anilines is 1. The van der Waals surface area contributed by atoms with Gasteiger partial charge in [0.15, 0.2) is 0 Å². The summed E-state index contributed by atoms with van der Waals surface area (Å²) in [4.78, 5) is 7.00. The molecule has 1 aromatic heterocycles. The lowest BCUT2D eigenvalue weighted by Gasteiger charge is -2.11. The lowest BCUT2D eigenvalue weighted by Crippen LogP contribution is -2.21. The van der Waals surface area contributed by atoms with E-state index in [-0.39, 0.29) is 29.1 Å². The molecule has 0 aliphatic heterocycles. The summed E-state index contributed by atoms with van der Waals surface area (Å²) in [5, 5.41) is 2.52. The van der Waals surface area contributed by atoms with Crippen LogP contribution in [-0.4, -0.2) is 23.9 Å². The number of rotatable bonds is 5. The fraction of sp³-hybridized carbons (Fsp3) is 0.176. The molecule has 2 rings (SSSR count). The average molecular weight is 388 g/mol. The normalized spacial score (nSPS) is 13.0. The maximum Gasteiger partial charge on any atom is 0.430 e. The molecule has 0 bridgehead atoms. The number of pyridine rings is 1. The van der Waals surface area contributed by atoms with Crippen LogP contribution in [0.5, 0.6) is 0 Å². The molecule has 0 saturated carbocycles. The molecular formula is C17H14F6N4. The Bertz CT molecular complexity index is 869. The summed E-state index contributed by atoms with van der Waals surface area (Å²) in [6, 6.07) is 3.45. The Morgan fingerprint density at radius 1 is 1.15 bits per heavy atom. The van der Waals surface area contributed by atoms with E-state index in [2.05, 4.69) is 15.3 Å².